The molecular formula is C28H25N3O9. The molecule has 0 unspecified atom stereocenters. The van der Waals surface area contributed by atoms with E-state index in [-0.39, 0.29) is 70.8 Å². The fourth-order valence-electron chi connectivity index (χ4n) is 3.97. The summed E-state index contributed by atoms with van der Waals surface area (Å²) in [5.74, 6) is -0.590. The molecule has 0 aliphatic rings. The maximum Gasteiger partial charge on any atom is 0.270 e. The van der Waals surface area contributed by atoms with Crippen molar-refractivity contribution in [3.63, 3.8) is 0 Å². The van der Waals surface area contributed by atoms with Gasteiger partial charge in [0.1, 0.15) is 37.1 Å². The van der Waals surface area contributed by atoms with Crippen LogP contribution in [-0.2, 0) is 0 Å². The Bertz CT molecular complexity index is 1290. The van der Waals surface area contributed by atoms with E-state index in [9.17, 15) is 30.3 Å². The van der Waals surface area contributed by atoms with Crippen LogP contribution in [0.15, 0.2) is 92.6 Å². The Labute approximate surface area is 228 Å². The van der Waals surface area contributed by atoms with Gasteiger partial charge >= 0.3 is 0 Å². The summed E-state index contributed by atoms with van der Waals surface area (Å²) in [4.78, 5) is 33.5. The number of nitro groups is 3. The van der Waals surface area contributed by atoms with Crippen LogP contribution in [0.5, 0.6) is 17.2 Å². The molecule has 0 atom stereocenters. The predicted octanol–water partition coefficient (Wildman–Crippen LogP) is 6.29. The van der Waals surface area contributed by atoms with Crippen LogP contribution in [0.1, 0.15) is 22.6 Å². The number of ether oxygens (including phenoxy) is 3. The maximum atomic E-state index is 11.8. The Morgan fingerprint density at radius 2 is 0.850 bits per heavy atom. The molecule has 0 heterocycles. The Morgan fingerprint density at radius 1 is 0.575 bits per heavy atom. The minimum absolute atomic E-state index is 0.0288. The number of non-ortho nitro benzene ring substituents is 3. The molecule has 0 N–H and O–H groups in total. The van der Waals surface area contributed by atoms with E-state index >= 15 is 0 Å². The molecule has 0 saturated carbocycles. The normalized spacial score (nSPS) is 10.4. The van der Waals surface area contributed by atoms with Gasteiger partial charge in [-0.05, 0) is 18.2 Å². The molecule has 0 radical (unpaired) electrons. The second-order valence-electron chi connectivity index (χ2n) is 8.17. The lowest BCUT2D eigenvalue weighted by molar-refractivity contribution is -0.385. The summed E-state index contributed by atoms with van der Waals surface area (Å²) in [7, 11) is 0. The van der Waals surface area contributed by atoms with Crippen molar-refractivity contribution in [1.29, 1.82) is 0 Å². The zero-order valence-corrected chi connectivity index (χ0v) is 21.3. The van der Waals surface area contributed by atoms with E-state index in [1.807, 2.05) is 0 Å². The molecule has 0 saturated heterocycles. The van der Waals surface area contributed by atoms with Gasteiger partial charge in [-0.15, -0.1) is 0 Å². The number of hydrogen-bond acceptors (Lipinski definition) is 9. The number of benzene rings is 3. The third-order valence-corrected chi connectivity index (χ3v) is 5.62. The minimum Gasteiger partial charge on any atom is -0.489 e. The third-order valence-electron chi connectivity index (χ3n) is 5.62. The van der Waals surface area contributed by atoms with Crippen LogP contribution in [-0.4, -0.2) is 34.6 Å². The molecule has 40 heavy (non-hydrogen) atoms. The minimum atomic E-state index is -1.13. The van der Waals surface area contributed by atoms with E-state index in [0.717, 1.165) is 0 Å². The van der Waals surface area contributed by atoms with Crippen molar-refractivity contribution in [3.8, 4) is 17.2 Å². The van der Waals surface area contributed by atoms with Gasteiger partial charge in [0.25, 0.3) is 17.1 Å². The van der Waals surface area contributed by atoms with Crippen molar-refractivity contribution in [3.05, 3.63) is 140 Å². The molecule has 3 aromatic carbocycles. The van der Waals surface area contributed by atoms with Crippen molar-refractivity contribution >= 4 is 17.1 Å². The highest BCUT2D eigenvalue weighted by Gasteiger charge is 2.31. The van der Waals surface area contributed by atoms with E-state index < -0.39 is 20.7 Å². The van der Waals surface area contributed by atoms with Crippen molar-refractivity contribution in [2.75, 3.05) is 19.8 Å². The zero-order valence-electron chi connectivity index (χ0n) is 21.3. The van der Waals surface area contributed by atoms with E-state index in [4.69, 9.17) is 14.2 Å². The molecule has 0 aliphatic carbocycles. The topological polar surface area (TPSA) is 157 Å². The van der Waals surface area contributed by atoms with Gasteiger partial charge in [0, 0.05) is 59.0 Å². The van der Waals surface area contributed by atoms with Gasteiger partial charge in [-0.3, -0.25) is 30.3 Å². The smallest absolute Gasteiger partial charge is 0.270 e. The monoisotopic (exact) mass is 547 g/mol. The molecule has 12 nitrogen and oxygen atoms in total. The highest BCUT2D eigenvalue weighted by atomic mass is 16.6. The molecule has 0 aliphatic heterocycles. The molecule has 206 valence electrons. The van der Waals surface area contributed by atoms with Crippen molar-refractivity contribution < 1.29 is 29.0 Å². The predicted molar refractivity (Wildman–Crippen MR) is 147 cm³/mol. The molecule has 3 rings (SSSR count). The van der Waals surface area contributed by atoms with Gasteiger partial charge in [-0.1, -0.05) is 38.0 Å². The Hall–Kier alpha value is -5.52. The van der Waals surface area contributed by atoms with Crippen molar-refractivity contribution in [2.24, 2.45) is 0 Å². The first kappa shape index (κ1) is 29.0. The van der Waals surface area contributed by atoms with Crippen LogP contribution in [0.25, 0.3) is 0 Å². The molecule has 3 aromatic rings. The average molecular weight is 548 g/mol. The summed E-state index contributed by atoms with van der Waals surface area (Å²) in [6.07, 6.45) is 4.41. The van der Waals surface area contributed by atoms with Crippen molar-refractivity contribution in [1.82, 2.24) is 0 Å². The van der Waals surface area contributed by atoms with Gasteiger partial charge < -0.3 is 14.2 Å². The van der Waals surface area contributed by atoms with Crippen LogP contribution < -0.4 is 14.2 Å². The quantitative estimate of drug-likeness (QED) is 0.0923. The SMILES string of the molecule is C=CCOc1ccc([N+](=O)[O-])cc1C(c1cc([N+](=O)[O-])ccc1OCC=C)c1cc([N+](=O)[O-])ccc1OCC=C. The lowest BCUT2D eigenvalue weighted by Gasteiger charge is -2.25. The Morgan fingerprint density at radius 3 is 1.07 bits per heavy atom. The molecule has 0 amide bonds. The highest BCUT2D eigenvalue weighted by molar-refractivity contribution is 5.62. The largest absolute Gasteiger partial charge is 0.489 e. The lowest BCUT2D eigenvalue weighted by Crippen LogP contribution is -2.12. The second-order valence-corrected chi connectivity index (χ2v) is 8.17. The summed E-state index contributed by atoms with van der Waals surface area (Å²) in [5.41, 5.74) is -0.353. The zero-order chi connectivity index (χ0) is 29.2. The highest BCUT2D eigenvalue weighted by Crippen LogP contribution is 2.47. The summed E-state index contributed by atoms with van der Waals surface area (Å²) in [5, 5.41) is 35.3. The van der Waals surface area contributed by atoms with E-state index in [1.165, 1.54) is 72.8 Å². The molecule has 0 bridgehead atoms. The van der Waals surface area contributed by atoms with Gasteiger partial charge in [0.15, 0.2) is 0 Å². The Balaban J connectivity index is 2.50. The van der Waals surface area contributed by atoms with E-state index in [2.05, 4.69) is 19.7 Å². The van der Waals surface area contributed by atoms with Crippen LogP contribution in [0.2, 0.25) is 0 Å². The number of nitro benzene ring substituents is 3. The maximum absolute atomic E-state index is 11.8. The summed E-state index contributed by atoms with van der Waals surface area (Å²) < 4.78 is 17.5. The molecule has 0 spiro atoms. The lowest BCUT2D eigenvalue weighted by atomic mass is 9.82. The van der Waals surface area contributed by atoms with E-state index in [0.29, 0.717) is 0 Å². The van der Waals surface area contributed by atoms with Gasteiger partial charge in [0.05, 0.1) is 14.8 Å². The van der Waals surface area contributed by atoms with Gasteiger partial charge in [0.2, 0.25) is 0 Å². The molecular weight excluding hydrogens is 522 g/mol. The number of rotatable bonds is 15. The fourth-order valence-corrected chi connectivity index (χ4v) is 3.97. The van der Waals surface area contributed by atoms with Crippen LogP contribution in [0.3, 0.4) is 0 Å². The Kier molecular flexibility index (Phi) is 9.68. The average Bonchev–Trinajstić information content (AvgIpc) is 2.94. The molecule has 0 aromatic heterocycles. The van der Waals surface area contributed by atoms with Crippen LogP contribution >= 0.6 is 0 Å². The van der Waals surface area contributed by atoms with Crippen LogP contribution in [0, 0.1) is 30.3 Å². The van der Waals surface area contributed by atoms with Gasteiger partial charge in [-0.25, -0.2) is 0 Å². The summed E-state index contributed by atoms with van der Waals surface area (Å²) in [6, 6.07) is 11.6. The first-order valence-electron chi connectivity index (χ1n) is 11.8. The first-order chi connectivity index (χ1) is 19.2. The van der Waals surface area contributed by atoms with Gasteiger partial charge in [-0.2, -0.15) is 0 Å². The standard InChI is InChI=1S/C28H25N3O9/c1-4-13-38-25-10-7-19(29(32)33)16-22(25)28(23-17-20(30(34)35)8-11-26(23)39-14-5-2)24-18-21(31(36)37)9-12-27(24)40-15-6-3/h4-12,16-18,28H,1-3,13-15H2. The second kappa shape index (κ2) is 13.3. The fraction of sp³-hybridized carbons (Fsp3) is 0.143. The number of nitrogens with zero attached hydrogens (tertiary/aromatic N) is 3. The molecule has 12 heteroatoms. The van der Waals surface area contributed by atoms with Crippen LogP contribution in [0.4, 0.5) is 17.1 Å². The third kappa shape index (κ3) is 6.67. The van der Waals surface area contributed by atoms with Crippen molar-refractivity contribution in [2.45, 2.75) is 5.92 Å². The molecule has 0 fully saturated rings. The number of hydrogen-bond donors (Lipinski definition) is 0. The van der Waals surface area contributed by atoms with E-state index in [1.54, 1.807) is 0 Å². The summed E-state index contributed by atoms with van der Waals surface area (Å²) >= 11 is 0. The first-order valence-corrected chi connectivity index (χ1v) is 11.8. The summed E-state index contributed by atoms with van der Waals surface area (Å²) in [6.45, 7) is 11.0.